The van der Waals surface area contributed by atoms with Crippen LogP contribution < -0.4 is 5.73 Å². The number of benzene rings is 1. The SMILES string of the molecule is NC(=O)c1c(Cl)ccc(F)c1Br. The lowest BCUT2D eigenvalue weighted by molar-refractivity contribution is 0.0999. The van der Waals surface area contributed by atoms with Gasteiger partial charge in [-0.1, -0.05) is 11.6 Å². The Morgan fingerprint density at radius 2 is 2.17 bits per heavy atom. The van der Waals surface area contributed by atoms with Gasteiger partial charge < -0.3 is 5.73 Å². The molecule has 0 aliphatic rings. The second kappa shape index (κ2) is 3.41. The summed E-state index contributed by atoms with van der Waals surface area (Å²) in [5.74, 6) is -1.32. The van der Waals surface area contributed by atoms with Gasteiger partial charge in [0, 0.05) is 0 Å². The molecule has 1 rings (SSSR count). The highest BCUT2D eigenvalue weighted by atomic mass is 79.9. The molecular formula is C7H4BrClFNO. The summed E-state index contributed by atoms with van der Waals surface area (Å²) in [6, 6.07) is 2.43. The van der Waals surface area contributed by atoms with E-state index in [4.69, 9.17) is 17.3 Å². The van der Waals surface area contributed by atoms with Crippen molar-refractivity contribution in [1.82, 2.24) is 0 Å². The number of hydrogen-bond donors (Lipinski definition) is 1. The third-order valence-electron chi connectivity index (χ3n) is 1.29. The molecule has 1 aromatic rings. The Morgan fingerprint density at radius 3 is 2.58 bits per heavy atom. The Hall–Kier alpha value is -0.610. The molecule has 1 amide bonds. The number of rotatable bonds is 1. The van der Waals surface area contributed by atoms with Crippen LogP contribution in [0.1, 0.15) is 10.4 Å². The van der Waals surface area contributed by atoms with E-state index in [-0.39, 0.29) is 15.1 Å². The van der Waals surface area contributed by atoms with Gasteiger partial charge in [-0.2, -0.15) is 0 Å². The van der Waals surface area contributed by atoms with Gasteiger partial charge in [-0.15, -0.1) is 0 Å². The van der Waals surface area contributed by atoms with Gasteiger partial charge in [0.2, 0.25) is 0 Å². The summed E-state index contributed by atoms with van der Waals surface area (Å²) in [6.45, 7) is 0. The molecule has 0 bridgehead atoms. The van der Waals surface area contributed by atoms with Crippen LogP contribution in [-0.4, -0.2) is 5.91 Å². The van der Waals surface area contributed by atoms with Crippen LogP contribution in [0.15, 0.2) is 16.6 Å². The molecule has 0 spiro atoms. The van der Waals surface area contributed by atoms with Crippen molar-refractivity contribution < 1.29 is 9.18 Å². The molecule has 0 atom stereocenters. The van der Waals surface area contributed by atoms with Crippen molar-refractivity contribution in [3.8, 4) is 0 Å². The average molecular weight is 252 g/mol. The van der Waals surface area contributed by atoms with E-state index >= 15 is 0 Å². The minimum absolute atomic E-state index is 0.00231. The summed E-state index contributed by atoms with van der Waals surface area (Å²) >= 11 is 8.47. The molecule has 12 heavy (non-hydrogen) atoms. The van der Waals surface area contributed by atoms with E-state index in [1.54, 1.807) is 0 Å². The topological polar surface area (TPSA) is 43.1 Å². The molecule has 0 aliphatic carbocycles. The maximum absolute atomic E-state index is 12.8. The van der Waals surface area contributed by atoms with Crippen LogP contribution >= 0.6 is 27.5 Å². The highest BCUT2D eigenvalue weighted by molar-refractivity contribution is 9.10. The van der Waals surface area contributed by atoms with E-state index in [0.717, 1.165) is 6.07 Å². The van der Waals surface area contributed by atoms with Crippen LogP contribution in [0.3, 0.4) is 0 Å². The van der Waals surface area contributed by atoms with Gasteiger partial charge >= 0.3 is 0 Å². The maximum Gasteiger partial charge on any atom is 0.251 e. The molecule has 0 heterocycles. The maximum atomic E-state index is 12.8. The lowest BCUT2D eigenvalue weighted by atomic mass is 10.2. The van der Waals surface area contributed by atoms with Crippen LogP contribution in [0.4, 0.5) is 4.39 Å². The van der Waals surface area contributed by atoms with Crippen molar-refractivity contribution >= 4 is 33.4 Å². The number of amides is 1. The first kappa shape index (κ1) is 9.48. The normalized spacial score (nSPS) is 9.92. The second-order valence-electron chi connectivity index (χ2n) is 2.08. The Labute approximate surface area is 81.6 Å². The molecule has 0 unspecified atom stereocenters. The Bertz CT molecular complexity index is 342. The lowest BCUT2D eigenvalue weighted by Crippen LogP contribution is -2.13. The fraction of sp³-hybridized carbons (Fsp3) is 0. The summed E-state index contributed by atoms with van der Waals surface area (Å²) in [4.78, 5) is 10.7. The van der Waals surface area contributed by atoms with Crippen LogP contribution in [0.25, 0.3) is 0 Å². The Balaban J connectivity index is 3.43. The zero-order chi connectivity index (χ0) is 9.30. The van der Waals surface area contributed by atoms with Crippen LogP contribution in [0.2, 0.25) is 5.02 Å². The smallest absolute Gasteiger partial charge is 0.251 e. The van der Waals surface area contributed by atoms with Gasteiger partial charge in [0.25, 0.3) is 5.91 Å². The molecule has 5 heteroatoms. The van der Waals surface area contributed by atoms with E-state index in [2.05, 4.69) is 15.9 Å². The molecule has 2 nitrogen and oxygen atoms in total. The number of halogens is 3. The minimum atomic E-state index is -0.758. The highest BCUT2D eigenvalue weighted by Gasteiger charge is 2.14. The van der Waals surface area contributed by atoms with Crippen molar-refractivity contribution in [3.63, 3.8) is 0 Å². The molecule has 0 fully saturated rings. The highest BCUT2D eigenvalue weighted by Crippen LogP contribution is 2.26. The summed E-state index contributed by atoms with van der Waals surface area (Å²) in [5, 5.41) is 0.135. The van der Waals surface area contributed by atoms with Crippen LogP contribution in [0.5, 0.6) is 0 Å². The number of nitrogens with two attached hydrogens (primary N) is 1. The molecule has 0 aromatic heterocycles. The summed E-state index contributed by atoms with van der Waals surface area (Å²) < 4.78 is 12.8. The fourth-order valence-corrected chi connectivity index (χ4v) is 1.66. The molecule has 2 N–H and O–H groups in total. The van der Waals surface area contributed by atoms with Gasteiger partial charge in [0.1, 0.15) is 5.82 Å². The van der Waals surface area contributed by atoms with Gasteiger partial charge in [-0.3, -0.25) is 4.79 Å². The first-order valence-corrected chi connectivity index (χ1v) is 4.14. The van der Waals surface area contributed by atoms with Crippen molar-refractivity contribution in [2.75, 3.05) is 0 Å². The van der Waals surface area contributed by atoms with Crippen molar-refractivity contribution in [2.45, 2.75) is 0 Å². The molecule has 1 aromatic carbocycles. The number of primary amides is 1. The predicted octanol–water partition coefficient (Wildman–Crippen LogP) is 2.34. The van der Waals surface area contributed by atoms with Crippen molar-refractivity contribution in [2.24, 2.45) is 5.73 Å². The van der Waals surface area contributed by atoms with Gasteiger partial charge in [0.05, 0.1) is 15.1 Å². The quantitative estimate of drug-likeness (QED) is 0.766. The number of carbonyl (C=O) groups excluding carboxylic acids is 1. The molecule has 0 saturated carbocycles. The Morgan fingerprint density at radius 1 is 1.58 bits per heavy atom. The Kier molecular flexibility index (Phi) is 2.69. The summed E-state index contributed by atoms with van der Waals surface area (Å²) in [6.07, 6.45) is 0. The average Bonchev–Trinajstić information content (AvgIpc) is 1.97. The van der Waals surface area contributed by atoms with E-state index in [1.165, 1.54) is 6.07 Å². The first-order valence-electron chi connectivity index (χ1n) is 2.97. The molecule has 0 radical (unpaired) electrons. The van der Waals surface area contributed by atoms with Gasteiger partial charge in [-0.05, 0) is 28.1 Å². The van der Waals surface area contributed by atoms with E-state index in [9.17, 15) is 9.18 Å². The third kappa shape index (κ3) is 1.59. The second-order valence-corrected chi connectivity index (χ2v) is 3.28. The number of carbonyl (C=O) groups is 1. The molecular weight excluding hydrogens is 248 g/mol. The zero-order valence-corrected chi connectivity index (χ0v) is 8.12. The summed E-state index contributed by atoms with van der Waals surface area (Å²) in [7, 11) is 0. The molecule has 64 valence electrons. The molecule has 0 aliphatic heterocycles. The van der Waals surface area contributed by atoms with Crippen molar-refractivity contribution in [3.05, 3.63) is 33.0 Å². The van der Waals surface area contributed by atoms with Crippen LogP contribution in [0, 0.1) is 5.82 Å². The van der Waals surface area contributed by atoms with Crippen LogP contribution in [-0.2, 0) is 0 Å². The van der Waals surface area contributed by atoms with E-state index in [1.807, 2.05) is 0 Å². The zero-order valence-electron chi connectivity index (χ0n) is 5.77. The monoisotopic (exact) mass is 251 g/mol. The van der Waals surface area contributed by atoms with Gasteiger partial charge in [0.15, 0.2) is 0 Å². The standard InChI is InChI=1S/C7H4BrClFNO/c8-6-4(10)2-1-3(9)5(6)7(11)12/h1-2H,(H2,11,12). The number of hydrogen-bond acceptors (Lipinski definition) is 1. The predicted molar refractivity (Wildman–Crippen MR) is 47.6 cm³/mol. The first-order chi connectivity index (χ1) is 5.54. The largest absolute Gasteiger partial charge is 0.366 e. The lowest BCUT2D eigenvalue weighted by Gasteiger charge is -2.02. The third-order valence-corrected chi connectivity index (χ3v) is 2.38. The molecule has 0 saturated heterocycles. The van der Waals surface area contributed by atoms with E-state index in [0.29, 0.717) is 0 Å². The fourth-order valence-electron chi connectivity index (χ4n) is 0.753. The van der Waals surface area contributed by atoms with E-state index < -0.39 is 11.7 Å². The summed E-state index contributed by atoms with van der Waals surface area (Å²) in [5.41, 5.74) is 4.93. The van der Waals surface area contributed by atoms with Gasteiger partial charge in [-0.25, -0.2) is 4.39 Å². The minimum Gasteiger partial charge on any atom is -0.366 e. The van der Waals surface area contributed by atoms with Crippen molar-refractivity contribution in [1.29, 1.82) is 0 Å².